The van der Waals surface area contributed by atoms with E-state index in [1.165, 1.54) is 12.4 Å². The monoisotopic (exact) mass is 560 g/mol. The zero-order chi connectivity index (χ0) is 27.2. The predicted octanol–water partition coefficient (Wildman–Crippen LogP) is 7.25. The van der Waals surface area contributed by atoms with Gasteiger partial charge < -0.3 is 14.3 Å². The lowest BCUT2D eigenvalue weighted by atomic mass is 9.83. The number of rotatable bonds is 5. The second-order valence-electron chi connectivity index (χ2n) is 11.6. The Balaban J connectivity index is 1.66. The van der Waals surface area contributed by atoms with Crippen LogP contribution in [0.1, 0.15) is 69.8 Å². The summed E-state index contributed by atoms with van der Waals surface area (Å²) in [6.45, 7) is 13.6. The summed E-state index contributed by atoms with van der Waals surface area (Å²) in [5.74, 6) is -0.582. The number of anilines is 1. The molecular weight excluding hydrogens is 527 g/mol. The zero-order valence-electron chi connectivity index (χ0n) is 22.2. The highest BCUT2D eigenvalue weighted by atomic mass is 35.5. The van der Waals surface area contributed by atoms with Crippen LogP contribution < -0.4 is 10.7 Å². The van der Waals surface area contributed by atoms with Gasteiger partial charge in [-0.15, -0.1) is 0 Å². The summed E-state index contributed by atoms with van der Waals surface area (Å²) in [5.41, 5.74) is 0.215. The Morgan fingerprint density at radius 3 is 2.41 bits per heavy atom. The van der Waals surface area contributed by atoms with Crippen molar-refractivity contribution in [2.24, 2.45) is 0 Å². The van der Waals surface area contributed by atoms with Crippen molar-refractivity contribution in [1.29, 1.82) is 0 Å². The van der Waals surface area contributed by atoms with Crippen LogP contribution in [0.5, 0.6) is 0 Å². The molecule has 3 heterocycles. The number of hydrogen-bond acceptors (Lipinski definition) is 5. The fourth-order valence-electron chi connectivity index (χ4n) is 4.70. The van der Waals surface area contributed by atoms with Gasteiger partial charge in [0, 0.05) is 30.8 Å². The van der Waals surface area contributed by atoms with Crippen molar-refractivity contribution in [3.05, 3.63) is 62.8 Å². The summed E-state index contributed by atoms with van der Waals surface area (Å²) in [4.78, 5) is 35.0. The molecule has 37 heavy (non-hydrogen) atoms. The van der Waals surface area contributed by atoms with Crippen LogP contribution in [0.15, 0.2) is 41.7 Å². The number of carbonyl (C=O) groups is 1. The molecule has 0 saturated heterocycles. The average molecular weight is 562 g/mol. The van der Waals surface area contributed by atoms with Crippen molar-refractivity contribution in [2.45, 2.75) is 83.2 Å². The third-order valence-corrected chi connectivity index (χ3v) is 13.0. The van der Waals surface area contributed by atoms with Crippen LogP contribution in [-0.2, 0) is 4.43 Å². The van der Waals surface area contributed by atoms with Crippen molar-refractivity contribution >= 4 is 54.1 Å². The van der Waals surface area contributed by atoms with E-state index in [9.17, 15) is 9.59 Å². The van der Waals surface area contributed by atoms with Crippen molar-refractivity contribution in [3.63, 3.8) is 0 Å². The lowest BCUT2D eigenvalue weighted by Gasteiger charge is -2.47. The number of nitrogens with zero attached hydrogens (tertiary/aromatic N) is 3. The number of nitrogens with one attached hydrogen (secondary N) is 1. The van der Waals surface area contributed by atoms with Gasteiger partial charge in [0.25, 0.3) is 5.91 Å². The molecule has 3 aromatic rings. The smallest absolute Gasteiger partial charge is 0.261 e. The zero-order valence-corrected chi connectivity index (χ0v) is 24.7. The molecule has 1 N–H and O–H groups in total. The Bertz CT molecular complexity index is 1370. The molecule has 10 heteroatoms. The van der Waals surface area contributed by atoms with E-state index in [1.54, 1.807) is 24.5 Å². The van der Waals surface area contributed by atoms with E-state index in [4.69, 9.17) is 27.6 Å². The Morgan fingerprint density at radius 2 is 1.81 bits per heavy atom. The van der Waals surface area contributed by atoms with Gasteiger partial charge in [-0.3, -0.25) is 14.6 Å². The first-order valence-corrected chi connectivity index (χ1v) is 16.2. The van der Waals surface area contributed by atoms with Crippen LogP contribution in [0.3, 0.4) is 0 Å². The Hall–Kier alpha value is -2.26. The number of aromatic nitrogens is 3. The average Bonchev–Trinajstić information content (AvgIpc) is 2.81. The maximum absolute atomic E-state index is 13.3. The fourth-order valence-corrected chi connectivity index (χ4v) is 6.90. The van der Waals surface area contributed by atoms with Crippen LogP contribution in [0.25, 0.3) is 11.0 Å². The van der Waals surface area contributed by atoms with Gasteiger partial charge in [0.15, 0.2) is 8.32 Å². The molecule has 1 amide bonds. The number of halogens is 2. The second kappa shape index (κ2) is 10.1. The molecule has 4 rings (SSSR count). The molecule has 1 aliphatic rings. The quantitative estimate of drug-likeness (QED) is 0.332. The highest BCUT2D eigenvalue weighted by molar-refractivity contribution is 6.74. The Labute approximate surface area is 228 Å². The van der Waals surface area contributed by atoms with Crippen molar-refractivity contribution in [1.82, 2.24) is 14.5 Å². The molecule has 0 aromatic carbocycles. The first-order valence-electron chi connectivity index (χ1n) is 12.5. The molecule has 1 aliphatic carbocycles. The summed E-state index contributed by atoms with van der Waals surface area (Å²) < 4.78 is 8.82. The minimum Gasteiger partial charge on any atom is -0.412 e. The summed E-state index contributed by atoms with van der Waals surface area (Å²) in [6, 6.07) is 3.49. The summed E-state index contributed by atoms with van der Waals surface area (Å²) >= 11 is 12.4. The first-order chi connectivity index (χ1) is 17.2. The summed E-state index contributed by atoms with van der Waals surface area (Å²) in [5, 5.41) is 3.60. The van der Waals surface area contributed by atoms with E-state index >= 15 is 0 Å². The lowest BCUT2D eigenvalue weighted by Crippen LogP contribution is -2.50. The fraction of sp³-hybridized carbons (Fsp3) is 0.481. The highest BCUT2D eigenvalue weighted by Gasteiger charge is 2.44. The Kier molecular flexibility index (Phi) is 7.60. The molecule has 0 aliphatic heterocycles. The molecule has 7 nitrogen and oxygen atoms in total. The van der Waals surface area contributed by atoms with Crippen LogP contribution in [0.4, 0.5) is 5.69 Å². The van der Waals surface area contributed by atoms with E-state index in [-0.39, 0.29) is 43.4 Å². The van der Waals surface area contributed by atoms with E-state index < -0.39 is 14.2 Å². The molecular formula is C27H34Cl2N4O3Si. The predicted molar refractivity (Wildman–Crippen MR) is 152 cm³/mol. The summed E-state index contributed by atoms with van der Waals surface area (Å²) in [6.07, 6.45) is 9.53. The maximum Gasteiger partial charge on any atom is 0.261 e. The van der Waals surface area contributed by atoms with Crippen molar-refractivity contribution in [2.75, 3.05) is 5.32 Å². The number of carbonyl (C=O) groups excluding carboxylic acids is 1. The standard InChI is InChI=1S/C27H34Cl2N4O3Si/c1-26(2,3)37(5,6)36-27(4)11-9-17(10-12-27)33-16-19(23(34)18-8-7-13-31-24(18)33)25(35)32-22-20(28)14-30-15-21(22)29/h7-8,13-17H,9-12H2,1-6H3,(H,30,32,35). The minimum atomic E-state index is -1.93. The highest BCUT2D eigenvalue weighted by Crippen LogP contribution is 2.45. The van der Waals surface area contributed by atoms with E-state index in [2.05, 4.69) is 56.1 Å². The third-order valence-electron chi connectivity index (χ3n) is 7.84. The molecule has 1 fully saturated rings. The van der Waals surface area contributed by atoms with Gasteiger partial charge in [0.05, 0.1) is 26.7 Å². The normalized spacial score (nSPS) is 20.7. The van der Waals surface area contributed by atoms with Crippen LogP contribution in [0.2, 0.25) is 28.2 Å². The van der Waals surface area contributed by atoms with Gasteiger partial charge in [0.1, 0.15) is 11.2 Å². The van der Waals surface area contributed by atoms with Crippen molar-refractivity contribution < 1.29 is 9.22 Å². The maximum atomic E-state index is 13.3. The number of fused-ring (bicyclic) bond motifs is 1. The van der Waals surface area contributed by atoms with Gasteiger partial charge in [-0.05, 0) is 62.9 Å². The van der Waals surface area contributed by atoms with Gasteiger partial charge in [0.2, 0.25) is 5.43 Å². The largest absolute Gasteiger partial charge is 0.412 e. The molecule has 0 spiro atoms. The SMILES string of the molecule is CC1(O[Si](C)(C)C(C)(C)C)CCC(n2cc(C(=O)Nc3c(Cl)cncc3Cl)c(=O)c3cccnc32)CC1. The number of pyridine rings is 3. The number of amides is 1. The molecule has 1 saturated carbocycles. The first kappa shape index (κ1) is 27.8. The van der Waals surface area contributed by atoms with Gasteiger partial charge in [-0.2, -0.15) is 0 Å². The number of hydrogen-bond donors (Lipinski definition) is 1. The van der Waals surface area contributed by atoms with Crippen LogP contribution in [0, 0.1) is 0 Å². The molecule has 198 valence electrons. The van der Waals surface area contributed by atoms with Gasteiger partial charge in [-0.25, -0.2) is 4.98 Å². The molecule has 3 aromatic heterocycles. The Morgan fingerprint density at radius 1 is 1.19 bits per heavy atom. The van der Waals surface area contributed by atoms with E-state index in [0.29, 0.717) is 11.0 Å². The molecule has 0 bridgehead atoms. The van der Waals surface area contributed by atoms with Crippen LogP contribution in [-0.4, -0.2) is 34.4 Å². The second-order valence-corrected chi connectivity index (χ2v) is 17.2. The molecule has 0 unspecified atom stereocenters. The molecule has 0 atom stereocenters. The van der Waals surface area contributed by atoms with E-state index in [0.717, 1.165) is 25.7 Å². The van der Waals surface area contributed by atoms with Gasteiger partial charge in [-0.1, -0.05) is 44.0 Å². The molecule has 0 radical (unpaired) electrons. The topological polar surface area (TPSA) is 86.1 Å². The van der Waals surface area contributed by atoms with Crippen molar-refractivity contribution in [3.8, 4) is 0 Å². The van der Waals surface area contributed by atoms with Gasteiger partial charge >= 0.3 is 0 Å². The lowest BCUT2D eigenvalue weighted by molar-refractivity contribution is 0.0219. The third kappa shape index (κ3) is 5.62. The minimum absolute atomic E-state index is 0.00954. The van der Waals surface area contributed by atoms with Crippen LogP contribution >= 0.6 is 23.2 Å². The summed E-state index contributed by atoms with van der Waals surface area (Å²) in [7, 11) is -1.93. The van der Waals surface area contributed by atoms with E-state index in [1.807, 2.05) is 4.57 Å².